The highest BCUT2D eigenvalue weighted by Gasteiger charge is 2.66. The Balaban J connectivity index is 1.98. The van der Waals surface area contributed by atoms with Crippen LogP contribution in [0.4, 0.5) is 0 Å². The van der Waals surface area contributed by atoms with Crippen LogP contribution in [0.25, 0.3) is 4.85 Å². The molecule has 94 valence electrons. The van der Waals surface area contributed by atoms with Crippen molar-refractivity contribution in [1.29, 1.82) is 0 Å². The fourth-order valence-electron chi connectivity index (χ4n) is 5.86. The summed E-state index contributed by atoms with van der Waals surface area (Å²) in [6.07, 6.45) is 5.28. The third kappa shape index (κ3) is 1.36. The van der Waals surface area contributed by atoms with Gasteiger partial charge in [0.1, 0.15) is 0 Å². The summed E-state index contributed by atoms with van der Waals surface area (Å²) in [5.41, 5.74) is 0.896. The lowest BCUT2D eigenvalue weighted by Gasteiger charge is -2.54. The summed E-state index contributed by atoms with van der Waals surface area (Å²) < 4.78 is 0. The summed E-state index contributed by atoms with van der Waals surface area (Å²) in [7, 11) is 0. The second-order valence-electron chi connectivity index (χ2n) is 7.95. The summed E-state index contributed by atoms with van der Waals surface area (Å²) in [6, 6.07) is 0.322. The van der Waals surface area contributed by atoms with Gasteiger partial charge in [0.05, 0.1) is 0 Å². The van der Waals surface area contributed by atoms with Gasteiger partial charge >= 0.3 is 0 Å². The van der Waals surface area contributed by atoms with Gasteiger partial charge in [-0.15, -0.1) is 0 Å². The van der Waals surface area contributed by atoms with E-state index in [1.165, 1.54) is 25.7 Å². The van der Waals surface area contributed by atoms with Crippen LogP contribution in [0.1, 0.15) is 53.4 Å². The molecule has 1 heteroatoms. The van der Waals surface area contributed by atoms with Crippen LogP contribution in [0.2, 0.25) is 0 Å². The minimum absolute atomic E-state index is 0.322. The monoisotopic (exact) mass is 231 g/mol. The van der Waals surface area contributed by atoms with Crippen molar-refractivity contribution >= 4 is 0 Å². The fraction of sp³-hybridized carbons (Fsp3) is 0.938. The van der Waals surface area contributed by atoms with E-state index in [0.29, 0.717) is 16.9 Å². The fourth-order valence-corrected chi connectivity index (χ4v) is 5.86. The molecule has 4 aliphatic carbocycles. The second kappa shape index (κ2) is 3.28. The van der Waals surface area contributed by atoms with Crippen molar-refractivity contribution in [2.75, 3.05) is 0 Å². The third-order valence-corrected chi connectivity index (χ3v) is 6.47. The maximum Gasteiger partial charge on any atom is 0.229 e. The number of hydrogen-bond acceptors (Lipinski definition) is 0. The molecule has 0 N–H and O–H groups in total. The molecule has 0 aromatic rings. The summed E-state index contributed by atoms with van der Waals surface area (Å²) >= 11 is 0. The molecule has 0 heterocycles. The Morgan fingerprint density at radius 2 is 1.88 bits per heavy atom. The molecule has 17 heavy (non-hydrogen) atoms. The Kier molecular flexibility index (Phi) is 2.23. The largest absolute Gasteiger partial charge is 0.313 e. The first-order valence-corrected chi connectivity index (χ1v) is 7.26. The van der Waals surface area contributed by atoms with Gasteiger partial charge in [0.2, 0.25) is 6.04 Å². The summed E-state index contributed by atoms with van der Waals surface area (Å²) in [4.78, 5) is 3.95. The highest BCUT2D eigenvalue weighted by Crippen LogP contribution is 2.70. The molecular weight excluding hydrogens is 206 g/mol. The molecule has 4 fully saturated rings. The van der Waals surface area contributed by atoms with Crippen molar-refractivity contribution < 1.29 is 0 Å². The van der Waals surface area contributed by atoms with Crippen LogP contribution >= 0.6 is 0 Å². The molecule has 0 aliphatic heterocycles. The summed E-state index contributed by atoms with van der Waals surface area (Å²) in [5.74, 6) is 3.54. The number of fused-ring (bicyclic) bond motifs is 1. The van der Waals surface area contributed by atoms with Gasteiger partial charge in [0, 0.05) is 11.8 Å². The molecule has 0 saturated heterocycles. The topological polar surface area (TPSA) is 4.36 Å². The molecule has 0 aromatic heterocycles. The van der Waals surface area contributed by atoms with Crippen LogP contribution in [-0.2, 0) is 0 Å². The third-order valence-electron chi connectivity index (χ3n) is 6.47. The Morgan fingerprint density at radius 1 is 1.18 bits per heavy atom. The van der Waals surface area contributed by atoms with Crippen LogP contribution < -0.4 is 0 Å². The normalized spacial score (nSPS) is 56.2. The highest BCUT2D eigenvalue weighted by molar-refractivity contribution is 5.17. The number of nitrogens with zero attached hydrogens (tertiary/aromatic N) is 1. The zero-order valence-electron chi connectivity index (χ0n) is 11.7. The lowest BCUT2D eigenvalue weighted by atomic mass is 9.49. The van der Waals surface area contributed by atoms with Crippen LogP contribution in [0.3, 0.4) is 0 Å². The van der Waals surface area contributed by atoms with E-state index in [1.54, 1.807) is 0 Å². The maximum atomic E-state index is 7.45. The standard InChI is InChI=1S/C16H25N/c1-10(2)11-7-15(3)9-16(4)8-12(11)13(15)6-14(16)17-5/h10-14H,6-9H2,1-4H3/t11-,12+,13+,14-,15+,16-/m0/s1. The average Bonchev–Trinajstić information content (AvgIpc) is 2.43. The molecule has 6 atom stereocenters. The van der Waals surface area contributed by atoms with Crippen molar-refractivity contribution in [2.45, 2.75) is 59.4 Å². The molecule has 4 aliphatic rings. The van der Waals surface area contributed by atoms with Gasteiger partial charge in [-0.25, -0.2) is 6.57 Å². The van der Waals surface area contributed by atoms with Gasteiger partial charge in [-0.05, 0) is 48.3 Å². The van der Waals surface area contributed by atoms with Crippen LogP contribution in [0.15, 0.2) is 0 Å². The lowest BCUT2D eigenvalue weighted by molar-refractivity contribution is -0.0497. The molecule has 4 bridgehead atoms. The Hall–Kier alpha value is -0.510. The highest BCUT2D eigenvalue weighted by atomic mass is 14.8. The quantitative estimate of drug-likeness (QED) is 0.589. The average molecular weight is 231 g/mol. The smallest absolute Gasteiger partial charge is 0.229 e. The van der Waals surface area contributed by atoms with Crippen LogP contribution in [0, 0.1) is 41.1 Å². The maximum absolute atomic E-state index is 7.45. The predicted molar refractivity (Wildman–Crippen MR) is 70.4 cm³/mol. The molecule has 0 spiro atoms. The van der Waals surface area contributed by atoms with Gasteiger partial charge in [0.15, 0.2) is 0 Å². The minimum atomic E-state index is 0.322. The van der Waals surface area contributed by atoms with Crippen molar-refractivity contribution in [3.63, 3.8) is 0 Å². The van der Waals surface area contributed by atoms with Crippen molar-refractivity contribution in [1.82, 2.24) is 0 Å². The molecule has 4 rings (SSSR count). The van der Waals surface area contributed by atoms with E-state index in [1.807, 2.05) is 0 Å². The van der Waals surface area contributed by atoms with Gasteiger partial charge < -0.3 is 4.85 Å². The lowest BCUT2D eigenvalue weighted by Crippen LogP contribution is -2.52. The van der Waals surface area contributed by atoms with Crippen LogP contribution in [0.5, 0.6) is 0 Å². The number of rotatable bonds is 1. The van der Waals surface area contributed by atoms with E-state index >= 15 is 0 Å². The van der Waals surface area contributed by atoms with E-state index in [4.69, 9.17) is 6.57 Å². The molecule has 1 nitrogen and oxygen atoms in total. The Labute approximate surface area is 106 Å². The summed E-state index contributed by atoms with van der Waals surface area (Å²) in [5, 5.41) is 0. The van der Waals surface area contributed by atoms with Crippen molar-refractivity contribution in [3.05, 3.63) is 11.4 Å². The van der Waals surface area contributed by atoms with Gasteiger partial charge in [-0.1, -0.05) is 27.7 Å². The molecule has 4 saturated carbocycles. The van der Waals surface area contributed by atoms with Gasteiger partial charge in [0.25, 0.3) is 0 Å². The molecular formula is C16H25N. The van der Waals surface area contributed by atoms with E-state index in [0.717, 1.165) is 23.7 Å². The molecule has 0 amide bonds. The van der Waals surface area contributed by atoms with Crippen molar-refractivity contribution in [3.8, 4) is 0 Å². The minimum Gasteiger partial charge on any atom is -0.313 e. The Bertz CT molecular complexity index is 379. The van der Waals surface area contributed by atoms with Gasteiger partial charge in [-0.2, -0.15) is 0 Å². The zero-order chi connectivity index (χ0) is 12.4. The molecule has 0 radical (unpaired) electrons. The Morgan fingerprint density at radius 3 is 2.41 bits per heavy atom. The SMILES string of the molecule is [C-]#[N+][C@H]1C[C@@H]2[C@@H]3C[C@@]1(C)C[C@@]2(C)C[C@H]3C(C)C. The number of hydrogen-bond donors (Lipinski definition) is 0. The van der Waals surface area contributed by atoms with E-state index in [2.05, 4.69) is 32.5 Å². The van der Waals surface area contributed by atoms with Gasteiger partial charge in [-0.3, -0.25) is 0 Å². The van der Waals surface area contributed by atoms with Crippen LogP contribution in [-0.4, -0.2) is 6.04 Å². The molecule has 0 aromatic carbocycles. The first kappa shape index (κ1) is 11.6. The van der Waals surface area contributed by atoms with Crippen molar-refractivity contribution in [2.24, 2.45) is 34.5 Å². The van der Waals surface area contributed by atoms with E-state index < -0.39 is 0 Å². The first-order valence-electron chi connectivity index (χ1n) is 7.26. The zero-order valence-corrected chi connectivity index (χ0v) is 11.7. The first-order chi connectivity index (χ1) is 7.89. The summed E-state index contributed by atoms with van der Waals surface area (Å²) in [6.45, 7) is 17.2. The second-order valence-corrected chi connectivity index (χ2v) is 7.95. The van der Waals surface area contributed by atoms with E-state index in [9.17, 15) is 0 Å². The molecule has 0 unspecified atom stereocenters. The van der Waals surface area contributed by atoms with E-state index in [-0.39, 0.29) is 0 Å². The predicted octanol–water partition coefficient (Wildman–Crippen LogP) is 4.39.